The molecule has 3 rings (SSSR count). The van der Waals surface area contributed by atoms with Crippen molar-refractivity contribution in [3.63, 3.8) is 0 Å². The van der Waals surface area contributed by atoms with Gasteiger partial charge in [0.1, 0.15) is 6.61 Å². The van der Waals surface area contributed by atoms with Crippen LogP contribution >= 0.6 is 12.2 Å². The average molecular weight is 420 g/mol. The van der Waals surface area contributed by atoms with Gasteiger partial charge in [-0.15, -0.1) is 0 Å². The number of nitro groups is 1. The number of carbonyl (C=O) groups is 1. The monoisotopic (exact) mass is 419 g/mol. The van der Waals surface area contributed by atoms with Crippen LogP contribution in [0, 0.1) is 10.1 Å². The van der Waals surface area contributed by atoms with Gasteiger partial charge in [0.2, 0.25) is 0 Å². The highest BCUT2D eigenvalue weighted by Crippen LogP contribution is 2.36. The van der Waals surface area contributed by atoms with Gasteiger partial charge in [-0.25, -0.2) is 4.79 Å². The number of nitro benzene ring substituents is 1. The maximum atomic E-state index is 13.0. The van der Waals surface area contributed by atoms with Gasteiger partial charge in [0.05, 0.1) is 23.1 Å². The first-order chi connectivity index (χ1) is 13.9. The summed E-state index contributed by atoms with van der Waals surface area (Å²) in [4.78, 5) is 25.7. The first kappa shape index (κ1) is 21.2. The molecule has 0 bridgehead atoms. The summed E-state index contributed by atoms with van der Waals surface area (Å²) in [5, 5.41) is 15.0. The zero-order chi connectivity index (χ0) is 21.0. The van der Waals surface area contributed by atoms with Crippen LogP contribution in [0.5, 0.6) is 0 Å². The summed E-state index contributed by atoms with van der Waals surface area (Å²) in [5.74, 6) is -0.478. The van der Waals surface area contributed by atoms with Crippen LogP contribution in [-0.4, -0.2) is 47.3 Å². The average Bonchev–Trinajstić information content (AvgIpc) is 3.22. The van der Waals surface area contributed by atoms with E-state index in [1.807, 2.05) is 11.8 Å². The number of esters is 1. The van der Waals surface area contributed by atoms with E-state index in [1.54, 1.807) is 12.1 Å². The second-order valence-electron chi connectivity index (χ2n) is 7.17. The number of allylic oxidation sites excluding steroid dienone is 1. The van der Waals surface area contributed by atoms with E-state index in [0.29, 0.717) is 16.2 Å². The van der Waals surface area contributed by atoms with Crippen molar-refractivity contribution in [3.8, 4) is 0 Å². The Kier molecular flexibility index (Phi) is 6.81. The van der Waals surface area contributed by atoms with Crippen molar-refractivity contribution in [2.45, 2.75) is 44.7 Å². The molecule has 2 aliphatic rings. The molecule has 0 unspecified atom stereocenters. The van der Waals surface area contributed by atoms with Crippen molar-refractivity contribution in [1.29, 1.82) is 0 Å². The largest absolute Gasteiger partial charge is 0.460 e. The van der Waals surface area contributed by atoms with Crippen molar-refractivity contribution in [2.75, 3.05) is 20.3 Å². The van der Waals surface area contributed by atoms with Gasteiger partial charge in [-0.1, -0.05) is 25.0 Å². The Morgan fingerprint density at radius 2 is 2.07 bits per heavy atom. The van der Waals surface area contributed by atoms with Crippen molar-refractivity contribution in [3.05, 3.63) is 51.2 Å². The number of thiocarbonyl (C=S) groups is 1. The van der Waals surface area contributed by atoms with Crippen LogP contribution in [0.2, 0.25) is 0 Å². The van der Waals surface area contributed by atoms with E-state index in [-0.39, 0.29) is 24.9 Å². The minimum Gasteiger partial charge on any atom is -0.460 e. The summed E-state index contributed by atoms with van der Waals surface area (Å²) in [6.07, 6.45) is 4.26. The van der Waals surface area contributed by atoms with Crippen LogP contribution < -0.4 is 5.32 Å². The molecule has 1 aliphatic heterocycles. The van der Waals surface area contributed by atoms with Gasteiger partial charge >= 0.3 is 5.97 Å². The van der Waals surface area contributed by atoms with Crippen LogP contribution in [0.25, 0.3) is 0 Å². The highest BCUT2D eigenvalue weighted by molar-refractivity contribution is 7.80. The number of nitrogens with zero attached hydrogens (tertiary/aromatic N) is 2. The fourth-order valence-electron chi connectivity index (χ4n) is 3.99. The number of methoxy groups -OCH3 is 1. The number of benzene rings is 1. The molecule has 1 aliphatic carbocycles. The Morgan fingerprint density at radius 3 is 2.72 bits per heavy atom. The molecule has 9 heteroatoms. The second kappa shape index (κ2) is 9.32. The summed E-state index contributed by atoms with van der Waals surface area (Å²) in [7, 11) is 1.53. The van der Waals surface area contributed by atoms with Crippen molar-refractivity contribution >= 4 is 29.0 Å². The number of ether oxygens (including phenoxy) is 2. The predicted octanol–water partition coefficient (Wildman–Crippen LogP) is 3.23. The lowest BCUT2D eigenvalue weighted by atomic mass is 9.94. The Morgan fingerprint density at radius 1 is 1.34 bits per heavy atom. The summed E-state index contributed by atoms with van der Waals surface area (Å²) >= 11 is 5.62. The van der Waals surface area contributed by atoms with Crippen molar-refractivity contribution in [1.82, 2.24) is 10.2 Å². The van der Waals surface area contributed by atoms with E-state index >= 15 is 0 Å². The molecule has 156 valence electrons. The van der Waals surface area contributed by atoms with Gasteiger partial charge in [-0.2, -0.15) is 0 Å². The SMILES string of the molecule is COCCOC(=O)C1=C(C)N(C2CCCC2)C(=S)N[C@H]1c1cccc([N+](=O)[O-])c1. The maximum absolute atomic E-state index is 13.0. The highest BCUT2D eigenvalue weighted by Gasteiger charge is 2.38. The van der Waals surface area contributed by atoms with Gasteiger partial charge in [-0.05, 0) is 37.5 Å². The molecule has 1 atom stereocenters. The first-order valence-corrected chi connectivity index (χ1v) is 10.1. The fraction of sp³-hybridized carbons (Fsp3) is 0.500. The Bertz CT molecular complexity index is 835. The van der Waals surface area contributed by atoms with Gasteiger partial charge in [0.15, 0.2) is 5.11 Å². The molecule has 1 fully saturated rings. The van der Waals surface area contributed by atoms with Crippen LogP contribution in [-0.2, 0) is 14.3 Å². The van der Waals surface area contributed by atoms with E-state index in [4.69, 9.17) is 21.7 Å². The van der Waals surface area contributed by atoms with Gasteiger partial charge in [0.25, 0.3) is 5.69 Å². The number of non-ortho nitro benzene ring substituents is 1. The van der Waals surface area contributed by atoms with E-state index in [2.05, 4.69) is 5.32 Å². The molecular formula is C20H25N3O5S. The quantitative estimate of drug-likeness (QED) is 0.237. The lowest BCUT2D eigenvalue weighted by molar-refractivity contribution is -0.384. The number of carbonyl (C=O) groups excluding carboxylic acids is 1. The smallest absolute Gasteiger partial charge is 0.338 e. The standard InChI is InChI=1S/C20H25N3O5S/c1-13-17(19(24)28-11-10-27-2)18(14-6-5-9-16(12-14)23(25)26)21-20(29)22(13)15-7-3-4-8-15/h5-6,9,12,15,18H,3-4,7-8,10-11H2,1-2H3,(H,21,29)/t18-/m0/s1. The zero-order valence-corrected chi connectivity index (χ0v) is 17.4. The molecule has 0 saturated heterocycles. The van der Waals surface area contributed by atoms with Crippen molar-refractivity contribution in [2.24, 2.45) is 0 Å². The molecule has 29 heavy (non-hydrogen) atoms. The summed E-state index contributed by atoms with van der Waals surface area (Å²) in [5.41, 5.74) is 1.70. The molecule has 0 radical (unpaired) electrons. The second-order valence-corrected chi connectivity index (χ2v) is 7.56. The molecule has 1 N–H and O–H groups in total. The fourth-order valence-corrected chi connectivity index (χ4v) is 4.39. The first-order valence-electron chi connectivity index (χ1n) is 9.65. The Hall–Kier alpha value is -2.52. The number of hydrogen-bond acceptors (Lipinski definition) is 6. The molecule has 1 heterocycles. The molecule has 0 amide bonds. The normalized spacial score (nSPS) is 20.0. The lowest BCUT2D eigenvalue weighted by Gasteiger charge is -2.40. The summed E-state index contributed by atoms with van der Waals surface area (Å²) < 4.78 is 10.4. The van der Waals surface area contributed by atoms with Crippen LogP contribution in [0.1, 0.15) is 44.2 Å². The van der Waals surface area contributed by atoms with Crippen LogP contribution in [0.4, 0.5) is 5.69 Å². The lowest BCUT2D eigenvalue weighted by Crippen LogP contribution is -2.51. The molecule has 1 saturated carbocycles. The third-order valence-corrected chi connectivity index (χ3v) is 5.69. The molecular weight excluding hydrogens is 394 g/mol. The molecule has 1 aromatic carbocycles. The van der Waals surface area contributed by atoms with Gasteiger partial charge in [0, 0.05) is 31.0 Å². The molecule has 1 aromatic rings. The minimum absolute atomic E-state index is 0.0433. The van der Waals surface area contributed by atoms with E-state index in [0.717, 1.165) is 31.4 Å². The highest BCUT2D eigenvalue weighted by atomic mass is 32.1. The number of hydrogen-bond donors (Lipinski definition) is 1. The van der Waals surface area contributed by atoms with Crippen molar-refractivity contribution < 1.29 is 19.2 Å². The number of rotatable bonds is 7. The Balaban J connectivity index is 2.01. The van der Waals surface area contributed by atoms with E-state index in [1.165, 1.54) is 19.2 Å². The maximum Gasteiger partial charge on any atom is 0.338 e. The number of nitrogens with one attached hydrogen (secondary N) is 1. The minimum atomic E-state index is -0.616. The van der Waals surface area contributed by atoms with Crippen LogP contribution in [0.15, 0.2) is 35.5 Å². The Labute approximate surface area is 175 Å². The third kappa shape index (κ3) is 4.56. The van der Waals surface area contributed by atoms with Crippen LogP contribution in [0.3, 0.4) is 0 Å². The molecule has 0 aromatic heterocycles. The third-order valence-electron chi connectivity index (χ3n) is 5.37. The summed E-state index contributed by atoms with van der Waals surface area (Å²) in [6, 6.07) is 5.85. The molecule has 0 spiro atoms. The summed E-state index contributed by atoms with van der Waals surface area (Å²) in [6.45, 7) is 2.28. The van der Waals surface area contributed by atoms with Gasteiger partial charge < -0.3 is 19.7 Å². The zero-order valence-electron chi connectivity index (χ0n) is 16.6. The van der Waals surface area contributed by atoms with E-state index in [9.17, 15) is 14.9 Å². The topological polar surface area (TPSA) is 93.9 Å². The van der Waals surface area contributed by atoms with E-state index < -0.39 is 16.9 Å². The predicted molar refractivity (Wildman–Crippen MR) is 111 cm³/mol. The van der Waals surface area contributed by atoms with Gasteiger partial charge in [-0.3, -0.25) is 10.1 Å². The molecule has 8 nitrogen and oxygen atoms in total.